The van der Waals surface area contributed by atoms with Gasteiger partial charge < -0.3 is 9.63 Å². The number of hydrogen-bond acceptors (Lipinski definition) is 4. The fourth-order valence-corrected chi connectivity index (χ4v) is 2.37. The van der Waals surface area contributed by atoms with E-state index in [1.807, 2.05) is 11.9 Å². The fraction of sp³-hybridized carbons (Fsp3) is 0.375. The van der Waals surface area contributed by atoms with Crippen LogP contribution in [0.5, 0.6) is 0 Å². The first-order valence-corrected chi connectivity index (χ1v) is 6.81. The predicted molar refractivity (Wildman–Crippen MR) is 79.3 cm³/mol. The van der Waals surface area contributed by atoms with Crippen LogP contribution < -0.4 is 0 Å². The van der Waals surface area contributed by atoms with Crippen molar-refractivity contribution in [1.29, 1.82) is 0 Å². The van der Waals surface area contributed by atoms with E-state index < -0.39 is 5.97 Å². The number of carbonyl (C=O) groups is 1. The van der Waals surface area contributed by atoms with Gasteiger partial charge in [-0.2, -0.15) is 0 Å². The first-order chi connectivity index (χ1) is 9.88. The molecular weight excluding hydrogens is 268 g/mol. The van der Waals surface area contributed by atoms with E-state index in [0.29, 0.717) is 18.0 Å². The first-order valence-electron chi connectivity index (χ1n) is 6.81. The van der Waals surface area contributed by atoms with Gasteiger partial charge in [-0.3, -0.25) is 4.90 Å². The third kappa shape index (κ3) is 3.49. The number of aromatic nitrogens is 1. The summed E-state index contributed by atoms with van der Waals surface area (Å²) < 4.78 is 4.99. The van der Waals surface area contributed by atoms with Gasteiger partial charge in [-0.25, -0.2) is 4.79 Å². The molecule has 0 aliphatic heterocycles. The van der Waals surface area contributed by atoms with Crippen molar-refractivity contribution < 1.29 is 14.4 Å². The second kappa shape index (κ2) is 6.10. The minimum absolute atomic E-state index is 0.169. The molecule has 2 aromatic rings. The van der Waals surface area contributed by atoms with Gasteiger partial charge in [0.05, 0.1) is 0 Å². The molecule has 0 saturated heterocycles. The molecule has 0 amide bonds. The van der Waals surface area contributed by atoms with Gasteiger partial charge in [0.25, 0.3) is 0 Å². The molecule has 0 saturated carbocycles. The summed E-state index contributed by atoms with van der Waals surface area (Å²) in [4.78, 5) is 13.3. The minimum atomic E-state index is -0.996. The Balaban J connectivity index is 2.14. The maximum atomic E-state index is 11.2. The van der Waals surface area contributed by atoms with Crippen molar-refractivity contribution in [1.82, 2.24) is 10.1 Å². The van der Waals surface area contributed by atoms with Gasteiger partial charge in [-0.15, -0.1) is 0 Å². The molecule has 0 spiro atoms. The van der Waals surface area contributed by atoms with Gasteiger partial charge in [0.2, 0.25) is 0 Å². The van der Waals surface area contributed by atoms with Crippen LogP contribution >= 0.6 is 0 Å². The molecule has 1 N–H and O–H groups in total. The molecule has 0 aliphatic carbocycles. The number of nitrogens with zero attached hydrogens (tertiary/aromatic N) is 2. The number of benzene rings is 1. The van der Waals surface area contributed by atoms with Crippen LogP contribution in [-0.4, -0.2) is 28.2 Å². The molecule has 5 nitrogen and oxygen atoms in total. The molecular formula is C16H20N2O3. The molecule has 21 heavy (non-hydrogen) atoms. The summed E-state index contributed by atoms with van der Waals surface area (Å²) >= 11 is 0. The van der Waals surface area contributed by atoms with E-state index in [9.17, 15) is 9.90 Å². The number of aryl methyl sites for hydroxylation is 3. The summed E-state index contributed by atoms with van der Waals surface area (Å²) in [5.41, 5.74) is 4.31. The summed E-state index contributed by atoms with van der Waals surface area (Å²) in [6, 6.07) is 6.34. The molecule has 0 bridgehead atoms. The minimum Gasteiger partial charge on any atom is -0.477 e. The van der Waals surface area contributed by atoms with Crippen LogP contribution in [0.15, 0.2) is 22.7 Å². The lowest BCUT2D eigenvalue weighted by molar-refractivity contribution is 0.0693. The second-order valence-electron chi connectivity index (χ2n) is 5.47. The molecule has 0 radical (unpaired) electrons. The summed E-state index contributed by atoms with van der Waals surface area (Å²) in [7, 11) is 1.94. The van der Waals surface area contributed by atoms with E-state index in [2.05, 4.69) is 37.2 Å². The summed E-state index contributed by atoms with van der Waals surface area (Å²) in [6.07, 6.45) is 0. The summed E-state index contributed by atoms with van der Waals surface area (Å²) in [6.45, 7) is 6.92. The van der Waals surface area contributed by atoms with Crippen molar-refractivity contribution >= 4 is 5.97 Å². The molecule has 5 heteroatoms. The maximum absolute atomic E-state index is 11.2. The zero-order chi connectivity index (χ0) is 15.6. The number of aromatic carboxylic acids is 1. The monoisotopic (exact) mass is 288 g/mol. The van der Waals surface area contributed by atoms with Crippen LogP contribution in [-0.2, 0) is 13.1 Å². The van der Waals surface area contributed by atoms with Gasteiger partial charge in [-0.05, 0) is 38.9 Å². The normalized spacial score (nSPS) is 11.1. The lowest BCUT2D eigenvalue weighted by atomic mass is 10.1. The van der Waals surface area contributed by atoms with Gasteiger partial charge >= 0.3 is 5.97 Å². The molecule has 112 valence electrons. The largest absolute Gasteiger partial charge is 0.477 e. The highest BCUT2D eigenvalue weighted by atomic mass is 16.5. The summed E-state index contributed by atoms with van der Waals surface area (Å²) in [5.74, 6) is -0.651. The third-order valence-electron chi connectivity index (χ3n) is 3.51. The van der Waals surface area contributed by atoms with Crippen LogP contribution in [0.4, 0.5) is 0 Å². The van der Waals surface area contributed by atoms with E-state index in [4.69, 9.17) is 4.52 Å². The van der Waals surface area contributed by atoms with Crippen molar-refractivity contribution in [3.8, 4) is 0 Å². The molecule has 0 aliphatic rings. The SMILES string of the molecule is Cc1ccc(C)c(CN(C)Cc2noc(C)c2C(=O)O)c1. The number of carboxylic acid groups (broad SMARTS) is 1. The molecule has 0 unspecified atom stereocenters. The maximum Gasteiger partial charge on any atom is 0.341 e. The number of hydrogen-bond donors (Lipinski definition) is 1. The summed E-state index contributed by atoms with van der Waals surface area (Å²) in [5, 5.41) is 13.1. The van der Waals surface area contributed by atoms with E-state index in [0.717, 1.165) is 6.54 Å². The Morgan fingerprint density at radius 1 is 1.29 bits per heavy atom. The molecule has 0 atom stereocenters. The van der Waals surface area contributed by atoms with Crippen molar-refractivity contribution in [2.75, 3.05) is 7.05 Å². The van der Waals surface area contributed by atoms with Gasteiger partial charge in [0.1, 0.15) is 17.0 Å². The molecule has 1 aromatic heterocycles. The Kier molecular flexibility index (Phi) is 4.43. The topological polar surface area (TPSA) is 66.6 Å². The van der Waals surface area contributed by atoms with Crippen LogP contribution in [0.25, 0.3) is 0 Å². The van der Waals surface area contributed by atoms with Crippen molar-refractivity contribution in [2.45, 2.75) is 33.9 Å². The quantitative estimate of drug-likeness (QED) is 0.916. The molecule has 0 fully saturated rings. The number of carboxylic acids is 1. The van der Waals surface area contributed by atoms with E-state index in [1.165, 1.54) is 16.7 Å². The highest BCUT2D eigenvalue weighted by Gasteiger charge is 2.20. The zero-order valence-corrected chi connectivity index (χ0v) is 12.8. The van der Waals surface area contributed by atoms with Crippen LogP contribution in [0.1, 0.15) is 38.5 Å². The molecule has 1 aromatic carbocycles. The van der Waals surface area contributed by atoms with Gasteiger partial charge in [0.15, 0.2) is 0 Å². The zero-order valence-electron chi connectivity index (χ0n) is 12.8. The van der Waals surface area contributed by atoms with Crippen LogP contribution in [0.2, 0.25) is 0 Å². The smallest absolute Gasteiger partial charge is 0.341 e. The Labute approximate surface area is 124 Å². The van der Waals surface area contributed by atoms with E-state index in [-0.39, 0.29) is 5.56 Å². The lowest BCUT2D eigenvalue weighted by Crippen LogP contribution is -2.19. The molecule has 1 heterocycles. The second-order valence-corrected chi connectivity index (χ2v) is 5.47. The predicted octanol–water partition coefficient (Wildman–Crippen LogP) is 2.93. The van der Waals surface area contributed by atoms with Crippen molar-refractivity contribution in [3.63, 3.8) is 0 Å². The Hall–Kier alpha value is -2.14. The Morgan fingerprint density at radius 2 is 2.00 bits per heavy atom. The average molecular weight is 288 g/mol. The van der Waals surface area contributed by atoms with Crippen molar-refractivity contribution in [3.05, 3.63) is 51.9 Å². The fourth-order valence-electron chi connectivity index (χ4n) is 2.37. The Morgan fingerprint density at radius 3 is 2.67 bits per heavy atom. The highest BCUT2D eigenvalue weighted by Crippen LogP contribution is 2.17. The van der Waals surface area contributed by atoms with Crippen molar-refractivity contribution in [2.24, 2.45) is 0 Å². The molecule has 2 rings (SSSR count). The van der Waals surface area contributed by atoms with Crippen LogP contribution in [0.3, 0.4) is 0 Å². The van der Waals surface area contributed by atoms with E-state index in [1.54, 1.807) is 6.92 Å². The third-order valence-corrected chi connectivity index (χ3v) is 3.51. The highest BCUT2D eigenvalue weighted by molar-refractivity contribution is 5.89. The van der Waals surface area contributed by atoms with Gasteiger partial charge in [0, 0.05) is 13.1 Å². The Bertz CT molecular complexity index is 662. The average Bonchev–Trinajstić information content (AvgIpc) is 2.75. The van der Waals surface area contributed by atoms with E-state index >= 15 is 0 Å². The lowest BCUT2D eigenvalue weighted by Gasteiger charge is -2.17. The van der Waals surface area contributed by atoms with Gasteiger partial charge in [-0.1, -0.05) is 28.9 Å². The number of rotatable bonds is 5. The standard InChI is InChI=1S/C16H20N2O3/c1-10-5-6-11(2)13(7-10)8-18(4)9-14-15(16(19)20)12(3)21-17-14/h5-7H,8-9H2,1-4H3,(H,19,20). The van der Waals surface area contributed by atoms with Crippen LogP contribution in [0, 0.1) is 20.8 Å². The first kappa shape index (κ1) is 15.3.